The fourth-order valence-electron chi connectivity index (χ4n) is 2.87. The molecule has 0 bridgehead atoms. The maximum Gasteiger partial charge on any atom is 0.257 e. The largest absolute Gasteiger partial charge is 0.336 e. The number of carbonyl (C=O) groups excluding carboxylic acids is 1. The smallest absolute Gasteiger partial charge is 0.257 e. The Kier molecular flexibility index (Phi) is 4.95. The Hall–Kier alpha value is -1.62. The van der Waals surface area contributed by atoms with Crippen LogP contribution in [0.5, 0.6) is 0 Å². The number of hydrogen-bond acceptors (Lipinski definition) is 4. The van der Waals surface area contributed by atoms with Gasteiger partial charge in [0.05, 0.1) is 11.3 Å². The molecule has 0 radical (unpaired) electrons. The van der Waals surface area contributed by atoms with E-state index in [9.17, 15) is 4.79 Å². The van der Waals surface area contributed by atoms with E-state index in [0.29, 0.717) is 17.3 Å². The van der Waals surface area contributed by atoms with E-state index in [1.807, 2.05) is 17.9 Å². The lowest BCUT2D eigenvalue weighted by Crippen LogP contribution is -2.40. The molecule has 1 aliphatic rings. The fourth-order valence-corrected chi connectivity index (χ4v) is 2.87. The maximum atomic E-state index is 12.8. The van der Waals surface area contributed by atoms with Crippen LogP contribution in [0.4, 0.5) is 5.69 Å². The summed E-state index contributed by atoms with van der Waals surface area (Å²) in [6, 6.07) is 2.14. The summed E-state index contributed by atoms with van der Waals surface area (Å²) in [6.07, 6.45) is 7.20. The van der Waals surface area contributed by atoms with Crippen molar-refractivity contribution >= 4 is 11.6 Å². The lowest BCUT2D eigenvalue weighted by atomic mass is 10.1. The van der Waals surface area contributed by atoms with Crippen molar-refractivity contribution in [1.82, 2.24) is 9.88 Å². The minimum Gasteiger partial charge on any atom is -0.336 e. The molecule has 5 heteroatoms. The second-order valence-electron chi connectivity index (χ2n) is 5.43. The molecule has 1 aromatic rings. The first-order valence-electron chi connectivity index (χ1n) is 7.41. The highest BCUT2D eigenvalue weighted by Crippen LogP contribution is 2.24. The molecule has 0 saturated carbocycles. The van der Waals surface area contributed by atoms with E-state index in [4.69, 9.17) is 5.84 Å². The van der Waals surface area contributed by atoms with Crippen LogP contribution in [-0.4, -0.2) is 28.4 Å². The molecule has 2 rings (SSSR count). The molecular formula is C15H24N4O. The summed E-state index contributed by atoms with van der Waals surface area (Å²) in [7, 11) is 0. The number of carbonyl (C=O) groups is 1. The highest BCUT2D eigenvalue weighted by molar-refractivity contribution is 5.99. The number of amides is 1. The second kappa shape index (κ2) is 6.70. The van der Waals surface area contributed by atoms with Crippen molar-refractivity contribution in [3.05, 3.63) is 23.5 Å². The normalized spacial score (nSPS) is 19.6. The summed E-state index contributed by atoms with van der Waals surface area (Å²) in [4.78, 5) is 19.0. The summed E-state index contributed by atoms with van der Waals surface area (Å²) in [5.41, 5.74) is 4.68. The Balaban J connectivity index is 2.28. The van der Waals surface area contributed by atoms with E-state index in [1.54, 1.807) is 6.20 Å². The van der Waals surface area contributed by atoms with E-state index in [0.717, 1.165) is 31.5 Å². The highest BCUT2D eigenvalue weighted by atomic mass is 16.2. The number of nitrogen functional groups attached to an aromatic ring is 1. The average molecular weight is 276 g/mol. The minimum absolute atomic E-state index is 0.0409. The first-order valence-corrected chi connectivity index (χ1v) is 7.41. The van der Waals surface area contributed by atoms with Gasteiger partial charge in [-0.3, -0.25) is 15.6 Å². The summed E-state index contributed by atoms with van der Waals surface area (Å²) in [6.45, 7) is 4.86. The van der Waals surface area contributed by atoms with Crippen molar-refractivity contribution in [1.29, 1.82) is 0 Å². The molecule has 1 aromatic heterocycles. The Morgan fingerprint density at radius 3 is 3.00 bits per heavy atom. The first kappa shape index (κ1) is 14.8. The minimum atomic E-state index is 0.0409. The number of rotatable bonds is 3. The molecule has 1 atom stereocenters. The number of likely N-dealkylation sites (tertiary alicyclic amines) is 1. The number of nitrogens with zero attached hydrogens (tertiary/aromatic N) is 2. The molecule has 0 aliphatic carbocycles. The van der Waals surface area contributed by atoms with E-state index in [2.05, 4.69) is 17.3 Å². The first-order chi connectivity index (χ1) is 9.67. The zero-order chi connectivity index (χ0) is 14.5. The van der Waals surface area contributed by atoms with Gasteiger partial charge < -0.3 is 10.3 Å². The topological polar surface area (TPSA) is 71.2 Å². The van der Waals surface area contributed by atoms with Gasteiger partial charge in [0.2, 0.25) is 0 Å². The van der Waals surface area contributed by atoms with Crippen molar-refractivity contribution in [2.45, 2.75) is 52.0 Å². The number of aromatic nitrogens is 1. The number of nitrogens with two attached hydrogens (primary N) is 1. The summed E-state index contributed by atoms with van der Waals surface area (Å²) < 4.78 is 0. The lowest BCUT2D eigenvalue weighted by Gasteiger charge is -2.30. The third-order valence-electron chi connectivity index (χ3n) is 4.04. The average Bonchev–Trinajstić information content (AvgIpc) is 2.71. The van der Waals surface area contributed by atoms with E-state index >= 15 is 0 Å². The molecule has 2 heterocycles. The Morgan fingerprint density at radius 1 is 1.50 bits per heavy atom. The number of anilines is 1. The van der Waals surface area contributed by atoms with Crippen LogP contribution in [0.3, 0.4) is 0 Å². The predicted molar refractivity (Wildman–Crippen MR) is 80.4 cm³/mol. The molecule has 110 valence electrons. The van der Waals surface area contributed by atoms with Gasteiger partial charge in [-0.1, -0.05) is 19.8 Å². The van der Waals surface area contributed by atoms with Gasteiger partial charge in [0.1, 0.15) is 0 Å². The molecule has 1 fully saturated rings. The second-order valence-corrected chi connectivity index (χ2v) is 5.43. The van der Waals surface area contributed by atoms with Crippen LogP contribution >= 0.6 is 0 Å². The van der Waals surface area contributed by atoms with E-state index < -0.39 is 0 Å². The van der Waals surface area contributed by atoms with Gasteiger partial charge in [-0.05, 0) is 32.3 Å². The van der Waals surface area contributed by atoms with Gasteiger partial charge in [0.15, 0.2) is 0 Å². The molecule has 1 saturated heterocycles. The number of pyridine rings is 1. The molecule has 5 nitrogen and oxygen atoms in total. The molecule has 0 spiro atoms. The van der Waals surface area contributed by atoms with Gasteiger partial charge in [0.25, 0.3) is 5.91 Å². The maximum absolute atomic E-state index is 12.8. The summed E-state index contributed by atoms with van der Waals surface area (Å²) >= 11 is 0. The zero-order valence-corrected chi connectivity index (χ0v) is 12.4. The third kappa shape index (κ3) is 3.10. The monoisotopic (exact) mass is 276 g/mol. The van der Waals surface area contributed by atoms with Gasteiger partial charge in [-0.2, -0.15) is 0 Å². The van der Waals surface area contributed by atoms with Gasteiger partial charge >= 0.3 is 0 Å². The Morgan fingerprint density at radius 2 is 2.30 bits per heavy atom. The van der Waals surface area contributed by atoms with Gasteiger partial charge in [-0.25, -0.2) is 0 Å². The van der Waals surface area contributed by atoms with Crippen molar-refractivity contribution in [3.8, 4) is 0 Å². The van der Waals surface area contributed by atoms with Crippen LogP contribution in [0.25, 0.3) is 0 Å². The fraction of sp³-hybridized carbons (Fsp3) is 0.600. The number of hydrogen-bond donors (Lipinski definition) is 2. The standard InChI is InChI=1S/C15H24N4O/c1-3-12-7-5-4-6-8-19(12)15(20)13-10-17-11(2)9-14(13)18-16/h9-10,12H,3-8,16H2,1-2H3,(H,17,18). The molecule has 20 heavy (non-hydrogen) atoms. The van der Waals surface area contributed by atoms with Crippen LogP contribution in [0.2, 0.25) is 0 Å². The SMILES string of the molecule is CCC1CCCCCN1C(=O)c1cnc(C)cc1NN. The molecular weight excluding hydrogens is 252 g/mol. The van der Waals surface area contributed by atoms with Crippen LogP contribution in [-0.2, 0) is 0 Å². The molecule has 1 aliphatic heterocycles. The van der Waals surface area contributed by atoms with E-state index in [-0.39, 0.29) is 5.91 Å². The van der Waals surface area contributed by atoms with Crippen molar-refractivity contribution in [2.24, 2.45) is 5.84 Å². The van der Waals surface area contributed by atoms with Crippen molar-refractivity contribution in [2.75, 3.05) is 12.0 Å². The summed E-state index contributed by atoms with van der Waals surface area (Å²) in [5, 5.41) is 0. The molecule has 3 N–H and O–H groups in total. The molecule has 1 unspecified atom stereocenters. The van der Waals surface area contributed by atoms with E-state index in [1.165, 1.54) is 12.8 Å². The van der Waals surface area contributed by atoms with Crippen LogP contribution in [0.1, 0.15) is 55.1 Å². The third-order valence-corrected chi connectivity index (χ3v) is 4.04. The highest BCUT2D eigenvalue weighted by Gasteiger charge is 2.26. The predicted octanol–water partition coefficient (Wildman–Crippen LogP) is 2.47. The number of aryl methyl sites for hydroxylation is 1. The van der Waals surface area contributed by atoms with Crippen LogP contribution < -0.4 is 11.3 Å². The Bertz CT molecular complexity index is 475. The lowest BCUT2D eigenvalue weighted by molar-refractivity contribution is 0.0678. The van der Waals surface area contributed by atoms with Crippen molar-refractivity contribution < 1.29 is 4.79 Å². The van der Waals surface area contributed by atoms with Gasteiger partial charge in [0, 0.05) is 24.5 Å². The van der Waals surface area contributed by atoms with Crippen molar-refractivity contribution in [3.63, 3.8) is 0 Å². The van der Waals surface area contributed by atoms with Gasteiger partial charge in [-0.15, -0.1) is 0 Å². The molecule has 0 aromatic carbocycles. The number of hydrazine groups is 1. The van der Waals surface area contributed by atoms with Crippen LogP contribution in [0.15, 0.2) is 12.3 Å². The zero-order valence-electron chi connectivity index (χ0n) is 12.4. The molecule has 1 amide bonds. The number of nitrogens with one attached hydrogen (secondary N) is 1. The quantitative estimate of drug-likeness (QED) is 0.657. The Labute approximate surface area is 120 Å². The summed E-state index contributed by atoms with van der Waals surface area (Å²) in [5.74, 6) is 5.58. The van der Waals surface area contributed by atoms with Crippen LogP contribution in [0, 0.1) is 6.92 Å².